The molecule has 1 aromatic rings. The summed E-state index contributed by atoms with van der Waals surface area (Å²) in [5, 5.41) is 10.4. The zero-order valence-corrected chi connectivity index (χ0v) is 13.7. The Labute approximate surface area is 136 Å². The molecule has 5 rings (SSSR count). The third kappa shape index (κ3) is 1.54. The minimum atomic E-state index is -0.0343. The molecule has 4 nitrogen and oxygen atoms in total. The summed E-state index contributed by atoms with van der Waals surface area (Å²) in [5.74, 6) is 1.44. The summed E-state index contributed by atoms with van der Waals surface area (Å²) in [7, 11) is 2.23. The fraction of sp³-hybridized carbons (Fsp3) is 0.579. The Bertz CT molecular complexity index is 700. The normalized spacial score (nSPS) is 39.9. The monoisotopic (exact) mass is 313 g/mol. The van der Waals surface area contributed by atoms with Crippen molar-refractivity contribution in [1.29, 1.82) is 0 Å². The summed E-state index contributed by atoms with van der Waals surface area (Å²) in [6, 6.07) is 4.40. The lowest BCUT2D eigenvalue weighted by molar-refractivity contribution is -0.0681. The molecule has 1 fully saturated rings. The van der Waals surface area contributed by atoms with E-state index in [4.69, 9.17) is 9.47 Å². The largest absolute Gasteiger partial charge is 0.504 e. The van der Waals surface area contributed by atoms with Crippen molar-refractivity contribution in [2.75, 3.05) is 20.2 Å². The van der Waals surface area contributed by atoms with Gasteiger partial charge in [0.25, 0.3) is 0 Å². The van der Waals surface area contributed by atoms with Gasteiger partial charge in [0.2, 0.25) is 0 Å². The Morgan fingerprint density at radius 3 is 3.09 bits per heavy atom. The van der Waals surface area contributed by atoms with Gasteiger partial charge < -0.3 is 19.5 Å². The maximum absolute atomic E-state index is 10.4. The molecule has 5 atom stereocenters. The first-order chi connectivity index (χ1) is 11.2. The molecule has 2 heterocycles. The van der Waals surface area contributed by atoms with Crippen molar-refractivity contribution in [3.8, 4) is 11.5 Å². The minimum Gasteiger partial charge on any atom is -0.504 e. The Morgan fingerprint density at radius 1 is 1.39 bits per heavy atom. The van der Waals surface area contributed by atoms with Crippen LogP contribution >= 0.6 is 0 Å². The zero-order chi connectivity index (χ0) is 15.8. The maximum atomic E-state index is 10.4. The summed E-state index contributed by atoms with van der Waals surface area (Å²) < 4.78 is 12.4. The predicted molar refractivity (Wildman–Crippen MR) is 87.0 cm³/mol. The molecule has 23 heavy (non-hydrogen) atoms. The molecule has 1 aromatic carbocycles. The highest BCUT2D eigenvalue weighted by molar-refractivity contribution is 5.61. The van der Waals surface area contributed by atoms with Crippen LogP contribution in [0.25, 0.3) is 0 Å². The van der Waals surface area contributed by atoms with E-state index in [1.165, 1.54) is 11.1 Å². The Balaban J connectivity index is 1.76. The fourth-order valence-electron chi connectivity index (χ4n) is 5.56. The average Bonchev–Trinajstić information content (AvgIpc) is 2.90. The molecule has 0 aromatic heterocycles. The van der Waals surface area contributed by atoms with Gasteiger partial charge in [-0.15, -0.1) is 0 Å². The molecule has 0 amide bonds. The minimum absolute atomic E-state index is 0.0176. The predicted octanol–water partition coefficient (Wildman–Crippen LogP) is 2.24. The number of likely N-dealkylation sites (N-methyl/N-ethyl adjacent to an activating group) is 1. The molecule has 1 N–H and O–H groups in total. The lowest BCUT2D eigenvalue weighted by Gasteiger charge is -2.56. The molecule has 0 saturated carbocycles. The van der Waals surface area contributed by atoms with E-state index in [1.807, 2.05) is 6.92 Å². The summed E-state index contributed by atoms with van der Waals surface area (Å²) in [4.78, 5) is 2.49. The zero-order valence-electron chi connectivity index (χ0n) is 13.7. The van der Waals surface area contributed by atoms with Crippen LogP contribution < -0.4 is 4.74 Å². The van der Waals surface area contributed by atoms with Crippen molar-refractivity contribution >= 4 is 0 Å². The lowest BCUT2D eigenvalue weighted by Crippen LogP contribution is -2.65. The highest BCUT2D eigenvalue weighted by Gasteiger charge is 2.64. The van der Waals surface area contributed by atoms with Crippen LogP contribution in [0.15, 0.2) is 24.3 Å². The van der Waals surface area contributed by atoms with E-state index >= 15 is 0 Å². The number of piperidine rings is 1. The molecule has 1 spiro atoms. The maximum Gasteiger partial charge on any atom is 0.165 e. The van der Waals surface area contributed by atoms with Crippen LogP contribution in [0.2, 0.25) is 0 Å². The molecule has 2 aliphatic heterocycles. The first-order valence-electron chi connectivity index (χ1n) is 8.69. The number of benzene rings is 1. The second-order valence-electron chi connectivity index (χ2n) is 7.36. The molecule has 122 valence electrons. The van der Waals surface area contributed by atoms with E-state index in [2.05, 4.69) is 30.2 Å². The number of likely N-dealkylation sites (tertiary alicyclic amines) is 1. The van der Waals surface area contributed by atoms with Crippen molar-refractivity contribution in [2.45, 2.75) is 43.4 Å². The van der Waals surface area contributed by atoms with Gasteiger partial charge in [-0.2, -0.15) is 0 Å². The lowest BCUT2D eigenvalue weighted by atomic mass is 9.53. The molecule has 3 unspecified atom stereocenters. The van der Waals surface area contributed by atoms with Gasteiger partial charge in [0, 0.05) is 29.5 Å². The van der Waals surface area contributed by atoms with Crippen LogP contribution in [-0.4, -0.2) is 48.5 Å². The van der Waals surface area contributed by atoms with Crippen molar-refractivity contribution < 1.29 is 14.6 Å². The summed E-state index contributed by atoms with van der Waals surface area (Å²) in [5.41, 5.74) is 2.58. The van der Waals surface area contributed by atoms with Gasteiger partial charge in [0.15, 0.2) is 11.5 Å². The van der Waals surface area contributed by atoms with Gasteiger partial charge in [0.05, 0.1) is 0 Å². The summed E-state index contributed by atoms with van der Waals surface area (Å²) in [6.07, 6.45) is 6.60. The number of hydrogen-bond acceptors (Lipinski definition) is 4. The molecule has 4 aliphatic rings. The molecule has 4 heteroatoms. The first kappa shape index (κ1) is 13.9. The molecular weight excluding hydrogens is 290 g/mol. The molecule has 2 bridgehead atoms. The highest BCUT2D eigenvalue weighted by Crippen LogP contribution is 2.62. The summed E-state index contributed by atoms with van der Waals surface area (Å²) in [6.45, 7) is 3.78. The number of rotatable bonds is 2. The Morgan fingerprint density at radius 2 is 2.26 bits per heavy atom. The van der Waals surface area contributed by atoms with Crippen molar-refractivity contribution in [1.82, 2.24) is 4.90 Å². The quantitative estimate of drug-likeness (QED) is 0.850. The number of phenolic OH excluding ortho intramolecular Hbond substituents is 1. The molecule has 0 radical (unpaired) electrons. The van der Waals surface area contributed by atoms with Gasteiger partial charge in [-0.25, -0.2) is 0 Å². The number of phenols is 1. The Kier molecular flexibility index (Phi) is 2.73. The van der Waals surface area contributed by atoms with E-state index in [-0.39, 0.29) is 23.4 Å². The molecular formula is C19H23NO3. The number of nitrogens with zero attached hydrogens (tertiary/aromatic N) is 1. The smallest absolute Gasteiger partial charge is 0.165 e. The van der Waals surface area contributed by atoms with Gasteiger partial charge in [-0.05, 0) is 45.0 Å². The number of hydrogen-bond donors (Lipinski definition) is 1. The number of ether oxygens (including phenoxy) is 2. The SMILES string of the molecule is CCO[C@H]1C=CC2C3Cc4ccc(O)c5c4[C@@]2(CCN3C)C1O5. The van der Waals surface area contributed by atoms with E-state index in [0.717, 1.165) is 19.4 Å². The fourth-order valence-corrected chi connectivity index (χ4v) is 5.56. The van der Waals surface area contributed by atoms with Gasteiger partial charge >= 0.3 is 0 Å². The van der Waals surface area contributed by atoms with Gasteiger partial charge in [-0.3, -0.25) is 0 Å². The number of aromatic hydroxyl groups is 1. The van der Waals surface area contributed by atoms with Crippen LogP contribution in [0, 0.1) is 5.92 Å². The van der Waals surface area contributed by atoms with Crippen LogP contribution in [0.3, 0.4) is 0 Å². The standard InChI is InChI=1S/C19H23NO3/c1-3-22-15-7-5-12-13-10-11-4-6-14(21)17-16(11)19(12,18(15)23-17)8-9-20(13)2/h4-7,12-13,15,18,21H,3,8-10H2,1-2H3/t12?,13?,15-,18?,19-/m0/s1. The van der Waals surface area contributed by atoms with Crippen LogP contribution in [0.5, 0.6) is 11.5 Å². The highest BCUT2D eigenvalue weighted by atomic mass is 16.5. The topological polar surface area (TPSA) is 41.9 Å². The van der Waals surface area contributed by atoms with Gasteiger partial charge in [-0.1, -0.05) is 18.2 Å². The van der Waals surface area contributed by atoms with Crippen molar-refractivity contribution in [3.63, 3.8) is 0 Å². The Hall–Kier alpha value is -1.52. The third-order valence-corrected chi connectivity index (χ3v) is 6.49. The van der Waals surface area contributed by atoms with E-state index in [0.29, 0.717) is 24.3 Å². The van der Waals surface area contributed by atoms with Crippen molar-refractivity contribution in [3.05, 3.63) is 35.4 Å². The van der Waals surface area contributed by atoms with Crippen LogP contribution in [-0.2, 0) is 16.6 Å². The summed E-state index contributed by atoms with van der Waals surface area (Å²) >= 11 is 0. The van der Waals surface area contributed by atoms with E-state index in [1.54, 1.807) is 6.07 Å². The average molecular weight is 313 g/mol. The van der Waals surface area contributed by atoms with Crippen LogP contribution in [0.4, 0.5) is 0 Å². The van der Waals surface area contributed by atoms with Crippen LogP contribution in [0.1, 0.15) is 24.5 Å². The third-order valence-electron chi connectivity index (χ3n) is 6.49. The second kappa shape index (κ2) is 4.52. The van der Waals surface area contributed by atoms with Gasteiger partial charge in [0.1, 0.15) is 12.2 Å². The second-order valence-corrected chi connectivity index (χ2v) is 7.36. The first-order valence-corrected chi connectivity index (χ1v) is 8.69. The molecule has 2 aliphatic carbocycles. The van der Waals surface area contributed by atoms with Crippen molar-refractivity contribution in [2.24, 2.45) is 5.92 Å². The van der Waals surface area contributed by atoms with E-state index in [9.17, 15) is 5.11 Å². The van der Waals surface area contributed by atoms with E-state index < -0.39 is 0 Å². The molecule has 1 saturated heterocycles.